The molecule has 1 aromatic rings. The normalized spacial score (nSPS) is 12.1. The molecule has 1 aromatic carbocycles. The van der Waals surface area contributed by atoms with Crippen molar-refractivity contribution in [2.45, 2.75) is 5.38 Å². The van der Waals surface area contributed by atoms with Crippen LogP contribution in [0.15, 0.2) is 30.3 Å². The summed E-state index contributed by atoms with van der Waals surface area (Å²) in [6, 6.07) is 9.05. The van der Waals surface area contributed by atoms with Crippen LogP contribution in [0, 0.1) is 0 Å². The molecule has 0 heterocycles. The molecule has 0 saturated carbocycles. The van der Waals surface area contributed by atoms with Gasteiger partial charge in [0.1, 0.15) is 6.61 Å². The van der Waals surface area contributed by atoms with E-state index in [0.717, 1.165) is 5.56 Å². The summed E-state index contributed by atoms with van der Waals surface area (Å²) in [4.78, 5) is 11.3. The van der Waals surface area contributed by atoms with Crippen LogP contribution in [0.2, 0.25) is 0 Å². The number of esters is 1. The van der Waals surface area contributed by atoms with E-state index in [-0.39, 0.29) is 12.5 Å². The first-order valence-electron chi connectivity index (χ1n) is 4.17. The number of carbonyl (C=O) groups excluding carboxylic acids is 1. The molecular weight excluding hydrogens is 223 g/mol. The second-order valence-electron chi connectivity index (χ2n) is 2.63. The van der Waals surface area contributed by atoms with Crippen molar-refractivity contribution < 1.29 is 9.53 Å². The van der Waals surface area contributed by atoms with Crippen LogP contribution in [0.25, 0.3) is 0 Å². The molecule has 0 amide bonds. The Labute approximate surface area is 92.8 Å². The van der Waals surface area contributed by atoms with Gasteiger partial charge >= 0.3 is 5.97 Å². The Morgan fingerprint density at radius 2 is 2.00 bits per heavy atom. The van der Waals surface area contributed by atoms with E-state index in [1.165, 1.54) is 0 Å². The molecule has 0 aliphatic rings. The molecule has 1 rings (SSSR count). The van der Waals surface area contributed by atoms with Crippen molar-refractivity contribution in [1.29, 1.82) is 0 Å². The van der Waals surface area contributed by atoms with E-state index < -0.39 is 11.3 Å². The standard InChI is InChI=1S/C10H10Cl2O2/c11-6-7-14-10(13)9(12)8-4-2-1-3-5-8/h1-5,9H,6-7H2. The Morgan fingerprint density at radius 1 is 1.36 bits per heavy atom. The molecule has 0 spiro atoms. The SMILES string of the molecule is O=C(OCCCl)C(Cl)c1ccccc1. The molecule has 0 aliphatic heterocycles. The van der Waals surface area contributed by atoms with Crippen LogP contribution in [0.4, 0.5) is 0 Å². The molecule has 1 unspecified atom stereocenters. The summed E-state index contributed by atoms with van der Waals surface area (Å²) < 4.78 is 4.80. The quantitative estimate of drug-likeness (QED) is 0.590. The van der Waals surface area contributed by atoms with Crippen molar-refractivity contribution in [2.24, 2.45) is 0 Å². The van der Waals surface area contributed by atoms with Crippen LogP contribution in [-0.4, -0.2) is 18.5 Å². The van der Waals surface area contributed by atoms with Gasteiger partial charge in [-0.25, -0.2) is 0 Å². The molecule has 0 saturated heterocycles. The third kappa shape index (κ3) is 3.20. The molecule has 2 nitrogen and oxygen atoms in total. The summed E-state index contributed by atoms with van der Waals surface area (Å²) in [6.07, 6.45) is 0. The minimum atomic E-state index is -0.751. The Bertz CT molecular complexity index is 287. The molecule has 1 atom stereocenters. The van der Waals surface area contributed by atoms with Crippen LogP contribution in [0.1, 0.15) is 10.9 Å². The van der Waals surface area contributed by atoms with Gasteiger partial charge in [0.2, 0.25) is 0 Å². The summed E-state index contributed by atoms with van der Waals surface area (Å²) in [6.45, 7) is 0.191. The first kappa shape index (κ1) is 11.3. The third-order valence-corrected chi connectivity index (χ3v) is 2.21. The molecule has 0 bridgehead atoms. The smallest absolute Gasteiger partial charge is 0.328 e. The minimum absolute atomic E-state index is 0.191. The fourth-order valence-corrected chi connectivity index (χ4v) is 1.26. The van der Waals surface area contributed by atoms with E-state index >= 15 is 0 Å². The highest BCUT2D eigenvalue weighted by Gasteiger charge is 2.18. The molecule has 4 heteroatoms. The van der Waals surface area contributed by atoms with E-state index in [4.69, 9.17) is 27.9 Å². The van der Waals surface area contributed by atoms with Crippen molar-refractivity contribution in [3.8, 4) is 0 Å². The lowest BCUT2D eigenvalue weighted by Gasteiger charge is -2.08. The molecule has 0 aliphatic carbocycles. The molecule has 0 fully saturated rings. The highest BCUT2D eigenvalue weighted by Crippen LogP contribution is 2.21. The predicted molar refractivity (Wildman–Crippen MR) is 56.7 cm³/mol. The number of carbonyl (C=O) groups is 1. The average Bonchev–Trinajstić information content (AvgIpc) is 2.26. The lowest BCUT2D eigenvalue weighted by atomic mass is 10.1. The molecule has 76 valence electrons. The lowest BCUT2D eigenvalue weighted by molar-refractivity contribution is -0.142. The minimum Gasteiger partial charge on any atom is -0.463 e. The van der Waals surface area contributed by atoms with E-state index in [1.807, 2.05) is 18.2 Å². The average molecular weight is 233 g/mol. The number of hydrogen-bond donors (Lipinski definition) is 0. The van der Waals surface area contributed by atoms with E-state index in [0.29, 0.717) is 0 Å². The molecule has 14 heavy (non-hydrogen) atoms. The maximum Gasteiger partial charge on any atom is 0.328 e. The van der Waals surface area contributed by atoms with Crippen LogP contribution in [0.5, 0.6) is 0 Å². The molecule has 0 N–H and O–H groups in total. The number of hydrogen-bond acceptors (Lipinski definition) is 2. The maximum absolute atomic E-state index is 11.3. The first-order valence-corrected chi connectivity index (χ1v) is 5.14. The molecule has 0 radical (unpaired) electrons. The highest BCUT2D eigenvalue weighted by atomic mass is 35.5. The van der Waals surface area contributed by atoms with Crippen molar-refractivity contribution in [3.05, 3.63) is 35.9 Å². The van der Waals surface area contributed by atoms with Crippen LogP contribution in [0.3, 0.4) is 0 Å². The van der Waals surface area contributed by atoms with Gasteiger partial charge in [-0.2, -0.15) is 0 Å². The highest BCUT2D eigenvalue weighted by molar-refractivity contribution is 6.30. The fraction of sp³-hybridized carbons (Fsp3) is 0.300. The summed E-state index contributed by atoms with van der Waals surface area (Å²) in [5.41, 5.74) is 0.730. The second-order valence-corrected chi connectivity index (χ2v) is 3.44. The van der Waals surface area contributed by atoms with Gasteiger partial charge in [-0.3, -0.25) is 4.79 Å². The zero-order valence-electron chi connectivity index (χ0n) is 7.45. The number of alkyl halides is 2. The van der Waals surface area contributed by atoms with E-state index in [2.05, 4.69) is 0 Å². The zero-order valence-corrected chi connectivity index (χ0v) is 8.96. The van der Waals surface area contributed by atoms with Gasteiger partial charge in [0.25, 0.3) is 0 Å². The van der Waals surface area contributed by atoms with Gasteiger partial charge < -0.3 is 4.74 Å². The predicted octanol–water partition coefficient (Wildman–Crippen LogP) is 2.75. The van der Waals surface area contributed by atoms with Gasteiger partial charge in [-0.05, 0) is 5.56 Å². The van der Waals surface area contributed by atoms with Crippen molar-refractivity contribution in [3.63, 3.8) is 0 Å². The van der Waals surface area contributed by atoms with Gasteiger partial charge in [0.05, 0.1) is 5.88 Å². The lowest BCUT2D eigenvalue weighted by Crippen LogP contribution is -2.12. The molecule has 0 aromatic heterocycles. The summed E-state index contributed by atoms with van der Waals surface area (Å²) in [7, 11) is 0. The summed E-state index contributed by atoms with van der Waals surface area (Å²) in [5, 5.41) is -0.751. The molecular formula is C10H10Cl2O2. The van der Waals surface area contributed by atoms with Crippen LogP contribution >= 0.6 is 23.2 Å². The number of halogens is 2. The van der Waals surface area contributed by atoms with Gasteiger partial charge in [0.15, 0.2) is 5.38 Å². The number of rotatable bonds is 4. The number of ether oxygens (including phenoxy) is 1. The summed E-state index contributed by atoms with van der Waals surface area (Å²) in [5.74, 6) is -0.178. The van der Waals surface area contributed by atoms with Crippen LogP contribution < -0.4 is 0 Å². The first-order chi connectivity index (χ1) is 6.75. The van der Waals surface area contributed by atoms with Crippen molar-refractivity contribution in [2.75, 3.05) is 12.5 Å². The Hall–Kier alpha value is -0.730. The number of benzene rings is 1. The van der Waals surface area contributed by atoms with Crippen molar-refractivity contribution >= 4 is 29.2 Å². The topological polar surface area (TPSA) is 26.3 Å². The fourth-order valence-electron chi connectivity index (χ4n) is 0.970. The van der Waals surface area contributed by atoms with Gasteiger partial charge in [-0.15, -0.1) is 23.2 Å². The maximum atomic E-state index is 11.3. The van der Waals surface area contributed by atoms with E-state index in [9.17, 15) is 4.79 Å². The Kier molecular flexibility index (Phi) is 4.77. The second kappa shape index (κ2) is 5.89. The van der Waals surface area contributed by atoms with Gasteiger partial charge in [-0.1, -0.05) is 30.3 Å². The van der Waals surface area contributed by atoms with E-state index in [1.54, 1.807) is 12.1 Å². The van der Waals surface area contributed by atoms with Gasteiger partial charge in [0, 0.05) is 0 Å². The monoisotopic (exact) mass is 232 g/mol. The summed E-state index contributed by atoms with van der Waals surface area (Å²) >= 11 is 11.3. The Balaban J connectivity index is 2.57. The van der Waals surface area contributed by atoms with Crippen LogP contribution in [-0.2, 0) is 9.53 Å². The third-order valence-electron chi connectivity index (χ3n) is 1.62. The Morgan fingerprint density at radius 3 is 2.57 bits per heavy atom. The zero-order chi connectivity index (χ0) is 10.4. The van der Waals surface area contributed by atoms with Crippen molar-refractivity contribution in [1.82, 2.24) is 0 Å². The largest absolute Gasteiger partial charge is 0.463 e.